The average molecular weight is 963 g/mol. The van der Waals surface area contributed by atoms with Crippen LogP contribution in [0, 0.1) is 0 Å². The van der Waals surface area contributed by atoms with Crippen molar-refractivity contribution >= 4 is 47.0 Å². The van der Waals surface area contributed by atoms with Gasteiger partial charge in [0.2, 0.25) is 11.6 Å². The lowest BCUT2D eigenvalue weighted by molar-refractivity contribution is -0.187. The van der Waals surface area contributed by atoms with Gasteiger partial charge in [0.05, 0.1) is 30.3 Å². The normalized spacial score (nSPS) is 12.5. The van der Waals surface area contributed by atoms with Crippen LogP contribution in [0.15, 0.2) is 127 Å². The van der Waals surface area contributed by atoms with Gasteiger partial charge in [0.15, 0.2) is 5.78 Å². The number of esters is 2. The molecule has 6 N–H and O–H groups in total. The molecule has 0 aromatic heterocycles. The number of rotatable bonds is 23. The molecular formula is C51H48F6N2O10. The number of hydrogen-bond acceptors (Lipinski definition) is 12. The van der Waals surface area contributed by atoms with Gasteiger partial charge in [-0.1, -0.05) is 36.4 Å². The number of carbonyl (C=O) groups is 4. The quantitative estimate of drug-likeness (QED) is 0.00921. The predicted octanol–water partition coefficient (Wildman–Crippen LogP) is 10.2. The largest absolute Gasteiger partial charge is 0.494 e. The number of halogens is 6. The summed E-state index contributed by atoms with van der Waals surface area (Å²) in [5.74, 6) is -6.77. The average Bonchev–Trinajstić information content (AvgIpc) is 3.29. The number of aliphatic hydroxyl groups is 2. The predicted molar refractivity (Wildman–Crippen MR) is 244 cm³/mol. The van der Waals surface area contributed by atoms with Crippen LogP contribution in [0.3, 0.4) is 0 Å². The molecule has 1 unspecified atom stereocenters. The molecule has 0 radical (unpaired) electrons. The smallest absolute Gasteiger partial charge is 0.389 e. The lowest BCUT2D eigenvalue weighted by Gasteiger charge is -2.29. The van der Waals surface area contributed by atoms with Crippen LogP contribution in [-0.2, 0) is 9.59 Å². The third-order valence-electron chi connectivity index (χ3n) is 10.2. The molecular weight excluding hydrogens is 915 g/mol. The van der Waals surface area contributed by atoms with Crippen LogP contribution in [0.4, 0.5) is 37.7 Å². The van der Waals surface area contributed by atoms with Gasteiger partial charge in [0, 0.05) is 30.6 Å². The van der Waals surface area contributed by atoms with Crippen LogP contribution < -0.4 is 30.4 Å². The zero-order valence-corrected chi connectivity index (χ0v) is 36.8. The number of anilines is 2. The summed E-state index contributed by atoms with van der Waals surface area (Å²) in [5.41, 5.74) is 13.5. The summed E-state index contributed by atoms with van der Waals surface area (Å²) in [6.45, 7) is 0.179. The number of ketones is 2. The van der Waals surface area contributed by atoms with Gasteiger partial charge in [-0.05, 0) is 146 Å². The molecule has 0 heterocycles. The molecule has 0 bridgehead atoms. The van der Waals surface area contributed by atoms with Gasteiger partial charge in [0.1, 0.15) is 23.0 Å². The van der Waals surface area contributed by atoms with Crippen LogP contribution in [-0.4, -0.2) is 65.1 Å². The van der Waals surface area contributed by atoms with E-state index in [-0.39, 0.29) is 78.5 Å². The highest BCUT2D eigenvalue weighted by Crippen LogP contribution is 2.35. The number of ether oxygens (including phenoxy) is 4. The molecule has 5 aromatic rings. The molecule has 0 saturated carbocycles. The van der Waals surface area contributed by atoms with E-state index in [1.165, 1.54) is 127 Å². The second-order valence-corrected chi connectivity index (χ2v) is 15.7. The summed E-state index contributed by atoms with van der Waals surface area (Å²) in [4.78, 5) is 52.3. The Hall–Kier alpha value is -7.44. The number of benzene rings is 5. The Morgan fingerprint density at radius 3 is 1.33 bits per heavy atom. The van der Waals surface area contributed by atoms with E-state index in [1.54, 1.807) is 0 Å². The van der Waals surface area contributed by atoms with Gasteiger partial charge in [-0.15, -0.1) is 0 Å². The van der Waals surface area contributed by atoms with E-state index in [0.717, 1.165) is 12.2 Å². The fourth-order valence-electron chi connectivity index (χ4n) is 6.56. The zero-order valence-electron chi connectivity index (χ0n) is 36.8. The fraction of sp³-hybridized carbons (Fsp3) is 0.255. The first kappa shape index (κ1) is 52.5. The van der Waals surface area contributed by atoms with Gasteiger partial charge < -0.3 is 40.6 Å². The second kappa shape index (κ2) is 24.0. The molecule has 69 heavy (non-hydrogen) atoms. The van der Waals surface area contributed by atoms with Crippen molar-refractivity contribution in [2.24, 2.45) is 0 Å². The highest BCUT2D eigenvalue weighted by atomic mass is 19.4. The van der Waals surface area contributed by atoms with Crippen molar-refractivity contribution in [3.05, 3.63) is 155 Å². The minimum Gasteiger partial charge on any atom is -0.494 e. The number of allylic oxidation sites excluding steroid dienone is 1. The highest BCUT2D eigenvalue weighted by Gasteiger charge is 2.42. The van der Waals surface area contributed by atoms with Gasteiger partial charge in [0.25, 0.3) is 0 Å². The standard InChI is InChI=1S/C51H48F6N2O10/c52-49(53,54)25-1-3-27-66-41-16-20-43(21-17-41)68-47(62)35-11-5-33(6-12-35)9-15-40(60)32-45(37-29-38(58)31-39(59)30-37)51(64,65)46(61)24-10-34-7-13-36(14-8-34)48(63)69-44-22-18-42(19-23-44)67-28-4-2-26-50(55,56)57/h5-24,29-31,45,64-65H,1-4,25-28,32,58-59H2/b15-9+,24-10+. The Balaban J connectivity index is 1.15. The van der Waals surface area contributed by atoms with E-state index in [1.807, 2.05) is 0 Å². The van der Waals surface area contributed by atoms with Crippen LogP contribution in [0.5, 0.6) is 23.0 Å². The maximum atomic E-state index is 13.4. The third-order valence-corrected chi connectivity index (χ3v) is 10.2. The summed E-state index contributed by atoms with van der Waals surface area (Å²) < 4.78 is 95.5. The van der Waals surface area contributed by atoms with Crippen LogP contribution in [0.25, 0.3) is 12.2 Å². The molecule has 5 aromatic carbocycles. The molecule has 0 saturated heterocycles. The number of unbranched alkanes of at least 4 members (excludes halogenated alkanes) is 2. The molecule has 12 nitrogen and oxygen atoms in total. The molecule has 0 aliphatic heterocycles. The SMILES string of the molecule is Nc1cc(N)cc(C(CC(=O)/C=C/c2ccc(C(=O)Oc3ccc(OCCCCC(F)(F)F)cc3)cc2)C(O)(O)C(=O)/C=C/c2ccc(C(=O)Oc3ccc(OCCCCC(F)(F)F)cc3)cc2)c1. The van der Waals surface area contributed by atoms with Crippen LogP contribution in [0.1, 0.15) is 88.3 Å². The maximum absolute atomic E-state index is 13.4. The summed E-state index contributed by atoms with van der Waals surface area (Å²) in [5, 5.41) is 22.7. The second-order valence-electron chi connectivity index (χ2n) is 15.7. The number of alkyl halides is 6. The Morgan fingerprint density at radius 1 is 0.536 bits per heavy atom. The molecule has 0 fully saturated rings. The van der Waals surface area contributed by atoms with Crippen LogP contribution in [0.2, 0.25) is 0 Å². The number of hydrogen-bond donors (Lipinski definition) is 4. The van der Waals surface area contributed by atoms with Crippen molar-refractivity contribution in [3.63, 3.8) is 0 Å². The van der Waals surface area contributed by atoms with Gasteiger partial charge in [-0.2, -0.15) is 26.3 Å². The van der Waals surface area contributed by atoms with Crippen molar-refractivity contribution in [3.8, 4) is 23.0 Å². The van der Waals surface area contributed by atoms with E-state index in [9.17, 15) is 55.7 Å². The lowest BCUT2D eigenvalue weighted by atomic mass is 9.83. The molecule has 0 amide bonds. The van der Waals surface area contributed by atoms with E-state index >= 15 is 0 Å². The van der Waals surface area contributed by atoms with Crippen molar-refractivity contribution in [1.29, 1.82) is 0 Å². The first-order valence-corrected chi connectivity index (χ1v) is 21.4. The number of nitrogen functional groups attached to an aromatic ring is 2. The van der Waals surface area contributed by atoms with Crippen LogP contribution >= 0.6 is 0 Å². The molecule has 1 atom stereocenters. The van der Waals surface area contributed by atoms with E-state index in [4.69, 9.17) is 30.4 Å². The number of carbonyl (C=O) groups excluding carboxylic acids is 4. The lowest BCUT2D eigenvalue weighted by Crippen LogP contribution is -2.44. The highest BCUT2D eigenvalue weighted by molar-refractivity contribution is 6.01. The zero-order chi connectivity index (χ0) is 50.2. The number of nitrogens with two attached hydrogens (primary N) is 2. The third kappa shape index (κ3) is 17.6. The summed E-state index contributed by atoms with van der Waals surface area (Å²) in [6.07, 6.45) is -5.73. The van der Waals surface area contributed by atoms with Gasteiger partial charge >= 0.3 is 24.3 Å². The summed E-state index contributed by atoms with van der Waals surface area (Å²) in [7, 11) is 0. The summed E-state index contributed by atoms with van der Waals surface area (Å²) >= 11 is 0. The molecule has 18 heteroatoms. The van der Waals surface area contributed by atoms with E-state index < -0.39 is 66.8 Å². The van der Waals surface area contributed by atoms with Crippen molar-refractivity contribution in [2.75, 3.05) is 24.7 Å². The fourth-order valence-corrected chi connectivity index (χ4v) is 6.56. The Morgan fingerprint density at radius 2 is 0.928 bits per heavy atom. The Bertz CT molecular complexity index is 2560. The Labute approximate surface area is 392 Å². The Kier molecular flexibility index (Phi) is 18.3. The van der Waals surface area contributed by atoms with E-state index in [2.05, 4.69) is 0 Å². The molecule has 0 aliphatic carbocycles. The van der Waals surface area contributed by atoms with Crippen molar-refractivity contribution < 1.29 is 74.7 Å². The molecule has 364 valence electrons. The van der Waals surface area contributed by atoms with Gasteiger partial charge in [-0.25, -0.2) is 9.59 Å². The van der Waals surface area contributed by atoms with Crippen molar-refractivity contribution in [1.82, 2.24) is 0 Å². The molecule has 0 spiro atoms. The first-order valence-electron chi connectivity index (χ1n) is 21.4. The molecule has 5 rings (SSSR count). The monoisotopic (exact) mass is 962 g/mol. The summed E-state index contributed by atoms with van der Waals surface area (Å²) in [6, 6.07) is 27.8. The van der Waals surface area contributed by atoms with E-state index in [0.29, 0.717) is 22.6 Å². The minimum absolute atomic E-state index is 0.0577. The minimum atomic E-state index is -4.22. The van der Waals surface area contributed by atoms with Crippen molar-refractivity contribution in [2.45, 2.75) is 69.0 Å². The maximum Gasteiger partial charge on any atom is 0.389 e. The topological polar surface area (TPSA) is 198 Å². The first-order chi connectivity index (χ1) is 32.6. The van der Waals surface area contributed by atoms with Gasteiger partial charge in [-0.3, -0.25) is 9.59 Å². The molecule has 0 aliphatic rings.